The number of hydrogen-bond acceptors (Lipinski definition) is 5. The second kappa shape index (κ2) is 9.17. The first-order valence-electron chi connectivity index (χ1n) is 10.3. The zero-order valence-corrected chi connectivity index (χ0v) is 19.3. The van der Waals surface area contributed by atoms with Crippen LogP contribution < -0.4 is 5.32 Å². The van der Waals surface area contributed by atoms with Gasteiger partial charge in [0.05, 0.1) is 16.9 Å². The Morgan fingerprint density at radius 3 is 2.45 bits per heavy atom. The molecule has 2 heterocycles. The molecule has 1 saturated heterocycles. The number of halogens is 4. The molecule has 33 heavy (non-hydrogen) atoms. The molecule has 1 aromatic carbocycles. The standard InChI is InChI=1S/C22H24ClF3N4O3/c1-12-5-8-17(30(12)20(32)33-21(2,3)4)19(31)29-16-9-13(22(24,25)26)6-7-14(16)15-10-18(23)28-11-27-15/h6-7,9-12,17H,5,8H2,1-4H3,(H,29,31)/t12-,17-/m0/s1. The topological polar surface area (TPSA) is 84.4 Å². The highest BCUT2D eigenvalue weighted by Crippen LogP contribution is 2.36. The first kappa shape index (κ1) is 24.8. The Morgan fingerprint density at radius 1 is 1.15 bits per heavy atom. The molecular formula is C22H24ClF3N4O3. The lowest BCUT2D eigenvalue weighted by Crippen LogP contribution is -2.48. The van der Waals surface area contributed by atoms with Gasteiger partial charge in [-0.15, -0.1) is 0 Å². The maximum Gasteiger partial charge on any atom is 0.416 e. The van der Waals surface area contributed by atoms with Crippen LogP contribution in [0.1, 0.15) is 46.1 Å². The summed E-state index contributed by atoms with van der Waals surface area (Å²) in [5.41, 5.74) is -1.34. The van der Waals surface area contributed by atoms with Crippen molar-refractivity contribution in [3.05, 3.63) is 41.3 Å². The molecule has 2 amide bonds. The molecule has 7 nitrogen and oxygen atoms in total. The number of alkyl halides is 3. The molecular weight excluding hydrogens is 461 g/mol. The minimum Gasteiger partial charge on any atom is -0.444 e. The Hall–Kier alpha value is -2.88. The van der Waals surface area contributed by atoms with Crippen LogP contribution in [-0.4, -0.2) is 44.6 Å². The maximum absolute atomic E-state index is 13.4. The SMILES string of the molecule is C[C@H]1CC[C@@H](C(=O)Nc2cc(C(F)(F)F)ccc2-c2cc(Cl)ncn2)N1C(=O)OC(C)(C)C. The molecule has 0 unspecified atom stereocenters. The van der Waals surface area contributed by atoms with Crippen molar-refractivity contribution in [2.75, 3.05) is 5.32 Å². The molecule has 2 atom stereocenters. The molecule has 0 aliphatic carbocycles. The van der Waals surface area contributed by atoms with Crippen molar-refractivity contribution in [2.24, 2.45) is 0 Å². The average Bonchev–Trinajstić information content (AvgIpc) is 3.07. The van der Waals surface area contributed by atoms with E-state index >= 15 is 0 Å². The second-order valence-electron chi connectivity index (χ2n) is 8.80. The van der Waals surface area contributed by atoms with Crippen molar-refractivity contribution in [1.29, 1.82) is 0 Å². The molecule has 0 bridgehead atoms. The third-order valence-electron chi connectivity index (χ3n) is 5.09. The zero-order chi connectivity index (χ0) is 24.6. The van der Waals surface area contributed by atoms with Gasteiger partial charge in [0.25, 0.3) is 0 Å². The van der Waals surface area contributed by atoms with E-state index in [9.17, 15) is 22.8 Å². The van der Waals surface area contributed by atoms with Crippen LogP contribution in [0.25, 0.3) is 11.3 Å². The quantitative estimate of drug-likeness (QED) is 0.578. The number of ether oxygens (including phenoxy) is 1. The van der Waals surface area contributed by atoms with E-state index in [1.165, 1.54) is 23.4 Å². The van der Waals surface area contributed by atoms with E-state index in [4.69, 9.17) is 16.3 Å². The first-order valence-corrected chi connectivity index (χ1v) is 10.7. The Balaban J connectivity index is 1.95. The van der Waals surface area contributed by atoms with Crippen LogP contribution in [0.4, 0.5) is 23.7 Å². The number of benzene rings is 1. The van der Waals surface area contributed by atoms with Crippen LogP contribution in [0.15, 0.2) is 30.6 Å². The van der Waals surface area contributed by atoms with Crippen LogP contribution in [0, 0.1) is 0 Å². The van der Waals surface area contributed by atoms with Crippen molar-refractivity contribution < 1.29 is 27.5 Å². The normalized spacial score (nSPS) is 18.8. The maximum atomic E-state index is 13.4. The Bertz CT molecular complexity index is 1060. The van der Waals surface area contributed by atoms with Crippen molar-refractivity contribution >= 4 is 29.3 Å². The lowest BCUT2D eigenvalue weighted by atomic mass is 10.0. The Labute approximate surface area is 194 Å². The number of aromatic nitrogens is 2. The lowest BCUT2D eigenvalue weighted by molar-refractivity contribution is -0.137. The average molecular weight is 485 g/mol. The van der Waals surface area contributed by atoms with Gasteiger partial charge >= 0.3 is 12.3 Å². The van der Waals surface area contributed by atoms with Crippen LogP contribution >= 0.6 is 11.6 Å². The van der Waals surface area contributed by atoms with Crippen molar-refractivity contribution in [3.8, 4) is 11.3 Å². The predicted molar refractivity (Wildman–Crippen MR) is 117 cm³/mol. The molecule has 1 aliphatic heterocycles. The number of nitrogens with zero attached hydrogens (tertiary/aromatic N) is 3. The molecule has 0 radical (unpaired) electrons. The number of rotatable bonds is 3. The lowest BCUT2D eigenvalue weighted by Gasteiger charge is -2.31. The van der Waals surface area contributed by atoms with Crippen LogP contribution in [0.2, 0.25) is 5.15 Å². The summed E-state index contributed by atoms with van der Waals surface area (Å²) in [6.07, 6.45) is -3.21. The minimum atomic E-state index is -4.62. The highest BCUT2D eigenvalue weighted by molar-refractivity contribution is 6.29. The van der Waals surface area contributed by atoms with E-state index < -0.39 is 35.4 Å². The predicted octanol–water partition coefficient (Wildman–Crippen LogP) is 5.54. The number of hydrogen-bond donors (Lipinski definition) is 1. The van der Waals surface area contributed by atoms with Gasteiger partial charge in [0.15, 0.2) is 0 Å². The molecule has 0 spiro atoms. The fourth-order valence-corrected chi connectivity index (χ4v) is 3.75. The van der Waals surface area contributed by atoms with Crippen LogP contribution in [0.5, 0.6) is 0 Å². The molecule has 1 N–H and O–H groups in total. The molecule has 2 aromatic rings. The number of carbonyl (C=O) groups is 2. The van der Waals surface area contributed by atoms with E-state index in [-0.39, 0.29) is 28.1 Å². The fraction of sp³-hybridized carbons (Fsp3) is 0.455. The van der Waals surface area contributed by atoms with Gasteiger partial charge in [-0.2, -0.15) is 13.2 Å². The van der Waals surface area contributed by atoms with Crippen molar-refractivity contribution in [1.82, 2.24) is 14.9 Å². The molecule has 1 fully saturated rings. The highest BCUT2D eigenvalue weighted by atomic mass is 35.5. The third kappa shape index (κ3) is 5.93. The Morgan fingerprint density at radius 2 is 1.85 bits per heavy atom. The molecule has 1 aromatic heterocycles. The number of nitrogens with one attached hydrogen (secondary N) is 1. The number of amides is 2. The number of likely N-dealkylation sites (tertiary alicyclic amines) is 1. The van der Waals surface area contributed by atoms with E-state index in [0.29, 0.717) is 12.8 Å². The number of carbonyl (C=O) groups excluding carboxylic acids is 2. The van der Waals surface area contributed by atoms with Gasteiger partial charge in [-0.1, -0.05) is 17.7 Å². The van der Waals surface area contributed by atoms with Gasteiger partial charge in [-0.3, -0.25) is 9.69 Å². The summed E-state index contributed by atoms with van der Waals surface area (Å²) in [6, 6.07) is 3.15. The zero-order valence-electron chi connectivity index (χ0n) is 18.5. The van der Waals surface area contributed by atoms with E-state index in [0.717, 1.165) is 12.1 Å². The first-order chi connectivity index (χ1) is 15.3. The monoisotopic (exact) mass is 484 g/mol. The van der Waals surface area contributed by atoms with Gasteiger partial charge in [0.1, 0.15) is 23.1 Å². The summed E-state index contributed by atoms with van der Waals surface area (Å²) in [5, 5.41) is 2.65. The third-order valence-corrected chi connectivity index (χ3v) is 5.30. The van der Waals surface area contributed by atoms with Gasteiger partial charge in [0.2, 0.25) is 5.91 Å². The molecule has 0 saturated carbocycles. The van der Waals surface area contributed by atoms with Crippen LogP contribution in [0.3, 0.4) is 0 Å². The summed E-state index contributed by atoms with van der Waals surface area (Å²) >= 11 is 5.91. The van der Waals surface area contributed by atoms with Crippen molar-refractivity contribution in [3.63, 3.8) is 0 Å². The van der Waals surface area contributed by atoms with E-state index in [1.807, 2.05) is 0 Å². The number of anilines is 1. The van der Waals surface area contributed by atoms with E-state index in [1.54, 1.807) is 27.7 Å². The summed E-state index contributed by atoms with van der Waals surface area (Å²) < 4.78 is 45.5. The molecule has 3 rings (SSSR count). The highest BCUT2D eigenvalue weighted by Gasteiger charge is 2.41. The van der Waals surface area contributed by atoms with Gasteiger partial charge in [-0.05, 0) is 52.7 Å². The van der Waals surface area contributed by atoms with Crippen molar-refractivity contribution in [2.45, 2.75) is 64.4 Å². The van der Waals surface area contributed by atoms with Crippen LogP contribution in [-0.2, 0) is 15.7 Å². The smallest absolute Gasteiger partial charge is 0.416 e. The summed E-state index contributed by atoms with van der Waals surface area (Å²) in [5.74, 6) is -0.620. The molecule has 11 heteroatoms. The summed E-state index contributed by atoms with van der Waals surface area (Å²) in [7, 11) is 0. The van der Waals surface area contributed by atoms with Gasteiger partial charge < -0.3 is 10.1 Å². The fourth-order valence-electron chi connectivity index (χ4n) is 3.61. The minimum absolute atomic E-state index is 0.0953. The Kier molecular flexibility index (Phi) is 6.88. The second-order valence-corrected chi connectivity index (χ2v) is 9.19. The molecule has 1 aliphatic rings. The largest absolute Gasteiger partial charge is 0.444 e. The summed E-state index contributed by atoms with van der Waals surface area (Å²) in [6.45, 7) is 6.92. The van der Waals surface area contributed by atoms with Gasteiger partial charge in [-0.25, -0.2) is 14.8 Å². The molecule has 178 valence electrons. The van der Waals surface area contributed by atoms with Gasteiger partial charge in [0, 0.05) is 17.7 Å². The summed E-state index contributed by atoms with van der Waals surface area (Å²) in [4.78, 5) is 35.0. The van der Waals surface area contributed by atoms with E-state index in [2.05, 4.69) is 15.3 Å².